The number of hydrogen-bond donors (Lipinski definition) is 0. The van der Waals surface area contributed by atoms with Crippen LogP contribution in [0.25, 0.3) is 16.9 Å². The molecule has 3 nitrogen and oxygen atoms in total. The topological polar surface area (TPSA) is 27.1 Å². The number of halogens is 1. The molecule has 0 unspecified atom stereocenters. The molecule has 0 fully saturated rings. The van der Waals surface area contributed by atoms with E-state index in [1.54, 1.807) is 7.11 Å². The zero-order valence-corrected chi connectivity index (χ0v) is 12.6. The second kappa shape index (κ2) is 5.62. The molecule has 106 valence electrons. The summed E-state index contributed by atoms with van der Waals surface area (Å²) in [5.41, 5.74) is 4.06. The molecule has 21 heavy (non-hydrogen) atoms. The largest absolute Gasteiger partial charge is 0.497 e. The van der Waals surface area contributed by atoms with Crippen LogP contribution >= 0.6 is 11.6 Å². The molecule has 0 aliphatic rings. The van der Waals surface area contributed by atoms with Gasteiger partial charge in [0, 0.05) is 16.3 Å². The maximum absolute atomic E-state index is 5.92. The van der Waals surface area contributed by atoms with Crippen molar-refractivity contribution in [3.8, 4) is 22.7 Å². The lowest BCUT2D eigenvalue weighted by atomic mass is 10.1. The van der Waals surface area contributed by atoms with Gasteiger partial charge in [0.05, 0.1) is 18.5 Å². The van der Waals surface area contributed by atoms with Gasteiger partial charge in [-0.25, -0.2) is 4.68 Å². The van der Waals surface area contributed by atoms with Crippen LogP contribution in [0, 0.1) is 6.92 Å². The number of benzene rings is 2. The number of rotatable bonds is 3. The van der Waals surface area contributed by atoms with Crippen molar-refractivity contribution in [1.29, 1.82) is 0 Å². The fourth-order valence-electron chi connectivity index (χ4n) is 2.22. The van der Waals surface area contributed by atoms with E-state index in [-0.39, 0.29) is 0 Å². The van der Waals surface area contributed by atoms with Crippen molar-refractivity contribution in [2.75, 3.05) is 7.11 Å². The van der Waals surface area contributed by atoms with Crippen LogP contribution in [0.1, 0.15) is 5.69 Å². The Morgan fingerprint density at radius 3 is 2.29 bits per heavy atom. The minimum absolute atomic E-state index is 0.727. The molecule has 0 bridgehead atoms. The lowest BCUT2D eigenvalue weighted by Gasteiger charge is -2.05. The molecule has 4 heteroatoms. The molecule has 0 aliphatic heterocycles. The van der Waals surface area contributed by atoms with Crippen LogP contribution in [0.15, 0.2) is 54.6 Å². The Morgan fingerprint density at radius 1 is 1.00 bits per heavy atom. The summed E-state index contributed by atoms with van der Waals surface area (Å²) in [6, 6.07) is 17.6. The zero-order chi connectivity index (χ0) is 14.8. The maximum Gasteiger partial charge on any atom is 0.119 e. The van der Waals surface area contributed by atoms with E-state index in [4.69, 9.17) is 16.3 Å². The Labute approximate surface area is 128 Å². The summed E-state index contributed by atoms with van der Waals surface area (Å²) in [4.78, 5) is 0. The van der Waals surface area contributed by atoms with Gasteiger partial charge in [-0.2, -0.15) is 5.10 Å². The molecule has 3 rings (SSSR count). The van der Waals surface area contributed by atoms with Gasteiger partial charge in [-0.15, -0.1) is 0 Å². The fourth-order valence-corrected chi connectivity index (χ4v) is 2.35. The first-order valence-corrected chi connectivity index (χ1v) is 7.02. The predicted molar refractivity (Wildman–Crippen MR) is 85.3 cm³/mol. The molecule has 0 spiro atoms. The number of nitrogens with zero attached hydrogens (tertiary/aromatic N) is 2. The quantitative estimate of drug-likeness (QED) is 0.711. The smallest absolute Gasteiger partial charge is 0.119 e. The highest BCUT2D eigenvalue weighted by Crippen LogP contribution is 2.23. The lowest BCUT2D eigenvalue weighted by molar-refractivity contribution is 0.414. The van der Waals surface area contributed by atoms with Crippen LogP contribution in [-0.4, -0.2) is 16.9 Å². The van der Waals surface area contributed by atoms with Gasteiger partial charge < -0.3 is 4.74 Å². The molecular formula is C17H15ClN2O. The SMILES string of the molecule is COc1ccc(-n2nc(-c3ccc(Cl)cc3)cc2C)cc1. The highest BCUT2D eigenvalue weighted by atomic mass is 35.5. The molecule has 1 aromatic heterocycles. The number of aromatic nitrogens is 2. The van der Waals surface area contributed by atoms with E-state index in [0.29, 0.717) is 0 Å². The number of hydrogen-bond acceptors (Lipinski definition) is 2. The average molecular weight is 299 g/mol. The summed E-state index contributed by atoms with van der Waals surface area (Å²) in [6.45, 7) is 2.04. The monoisotopic (exact) mass is 298 g/mol. The van der Waals surface area contributed by atoms with Crippen LogP contribution < -0.4 is 4.74 Å². The Balaban J connectivity index is 1.98. The molecule has 1 heterocycles. The summed E-state index contributed by atoms with van der Waals surface area (Å²) >= 11 is 5.92. The van der Waals surface area contributed by atoms with Crippen LogP contribution in [0.3, 0.4) is 0 Å². The van der Waals surface area contributed by atoms with Crippen molar-refractivity contribution in [1.82, 2.24) is 9.78 Å². The van der Waals surface area contributed by atoms with Gasteiger partial charge in [-0.1, -0.05) is 23.7 Å². The zero-order valence-electron chi connectivity index (χ0n) is 11.9. The highest BCUT2D eigenvalue weighted by Gasteiger charge is 2.08. The maximum atomic E-state index is 5.92. The molecule has 0 atom stereocenters. The molecule has 3 aromatic rings. The van der Waals surface area contributed by atoms with E-state index in [1.807, 2.05) is 60.1 Å². The second-order valence-corrected chi connectivity index (χ2v) is 5.22. The molecule has 2 aromatic carbocycles. The Bertz CT molecular complexity index is 745. The van der Waals surface area contributed by atoms with Crippen molar-refractivity contribution in [3.63, 3.8) is 0 Å². The van der Waals surface area contributed by atoms with Crippen LogP contribution in [0.5, 0.6) is 5.75 Å². The molecule has 0 amide bonds. The normalized spacial score (nSPS) is 10.6. The third-order valence-electron chi connectivity index (χ3n) is 3.34. The first kappa shape index (κ1) is 13.7. The van der Waals surface area contributed by atoms with Crippen LogP contribution in [0.2, 0.25) is 5.02 Å². The standard InChI is InChI=1S/C17H15ClN2O/c1-12-11-17(13-3-5-14(18)6-4-13)19-20(12)15-7-9-16(21-2)10-8-15/h3-11H,1-2H3. The molecule has 0 saturated carbocycles. The fraction of sp³-hybridized carbons (Fsp3) is 0.118. The van der Waals surface area contributed by atoms with E-state index in [9.17, 15) is 0 Å². The first-order chi connectivity index (χ1) is 10.2. The summed E-state index contributed by atoms with van der Waals surface area (Å²) in [5, 5.41) is 5.40. The number of methoxy groups -OCH3 is 1. The van der Waals surface area contributed by atoms with E-state index in [0.717, 1.165) is 33.4 Å². The van der Waals surface area contributed by atoms with Crippen molar-refractivity contribution in [2.24, 2.45) is 0 Å². The molecule has 0 aliphatic carbocycles. The van der Waals surface area contributed by atoms with Crippen LogP contribution in [0.4, 0.5) is 0 Å². The lowest BCUT2D eigenvalue weighted by Crippen LogP contribution is -1.98. The number of ether oxygens (including phenoxy) is 1. The third kappa shape index (κ3) is 2.78. The van der Waals surface area contributed by atoms with Gasteiger partial charge in [0.1, 0.15) is 5.75 Å². The van der Waals surface area contributed by atoms with Gasteiger partial charge in [-0.05, 0) is 49.4 Å². The summed E-state index contributed by atoms with van der Waals surface area (Å²) < 4.78 is 7.10. The average Bonchev–Trinajstić information content (AvgIpc) is 2.90. The van der Waals surface area contributed by atoms with Gasteiger partial charge in [-0.3, -0.25) is 0 Å². The van der Waals surface area contributed by atoms with Gasteiger partial charge in [0.15, 0.2) is 0 Å². The van der Waals surface area contributed by atoms with Gasteiger partial charge >= 0.3 is 0 Å². The minimum atomic E-state index is 0.727. The van der Waals surface area contributed by atoms with Crippen molar-refractivity contribution in [3.05, 3.63) is 65.3 Å². The van der Waals surface area contributed by atoms with E-state index >= 15 is 0 Å². The summed E-state index contributed by atoms with van der Waals surface area (Å²) in [6.07, 6.45) is 0. The molecule has 0 radical (unpaired) electrons. The van der Waals surface area contributed by atoms with Crippen molar-refractivity contribution >= 4 is 11.6 Å². The Morgan fingerprint density at radius 2 is 1.67 bits per heavy atom. The molecule has 0 saturated heterocycles. The Hall–Kier alpha value is -2.26. The summed E-state index contributed by atoms with van der Waals surface area (Å²) in [7, 11) is 1.66. The van der Waals surface area contributed by atoms with Crippen LogP contribution in [-0.2, 0) is 0 Å². The van der Waals surface area contributed by atoms with Crippen molar-refractivity contribution in [2.45, 2.75) is 6.92 Å². The summed E-state index contributed by atoms with van der Waals surface area (Å²) in [5.74, 6) is 0.835. The van der Waals surface area contributed by atoms with Crippen molar-refractivity contribution < 1.29 is 4.74 Å². The minimum Gasteiger partial charge on any atom is -0.497 e. The van der Waals surface area contributed by atoms with E-state index in [1.165, 1.54) is 0 Å². The van der Waals surface area contributed by atoms with Gasteiger partial charge in [0.25, 0.3) is 0 Å². The molecular weight excluding hydrogens is 284 g/mol. The first-order valence-electron chi connectivity index (χ1n) is 6.64. The Kier molecular flexibility index (Phi) is 3.67. The second-order valence-electron chi connectivity index (χ2n) is 4.79. The predicted octanol–water partition coefficient (Wildman–Crippen LogP) is 4.51. The highest BCUT2D eigenvalue weighted by molar-refractivity contribution is 6.30. The number of aryl methyl sites for hydroxylation is 1. The van der Waals surface area contributed by atoms with Gasteiger partial charge in [0.2, 0.25) is 0 Å². The third-order valence-corrected chi connectivity index (χ3v) is 3.60. The van der Waals surface area contributed by atoms with E-state index < -0.39 is 0 Å². The van der Waals surface area contributed by atoms with E-state index in [2.05, 4.69) is 11.2 Å². The molecule has 0 N–H and O–H groups in total.